The lowest BCUT2D eigenvalue weighted by atomic mass is 10.0. The summed E-state index contributed by atoms with van der Waals surface area (Å²) < 4.78 is 11.9. The van der Waals surface area contributed by atoms with Gasteiger partial charge in [0, 0.05) is 18.7 Å². The molecule has 2 heterocycles. The van der Waals surface area contributed by atoms with E-state index in [0.29, 0.717) is 26.2 Å². The van der Waals surface area contributed by atoms with E-state index < -0.39 is 17.9 Å². The van der Waals surface area contributed by atoms with Crippen LogP contribution in [0.2, 0.25) is 0 Å². The average molecular weight is 364 g/mol. The number of amides is 1. The van der Waals surface area contributed by atoms with Crippen LogP contribution in [0.1, 0.15) is 55.2 Å². The first-order valence-electron chi connectivity index (χ1n) is 9.12. The van der Waals surface area contributed by atoms with Crippen LogP contribution in [0.15, 0.2) is 10.9 Å². The van der Waals surface area contributed by atoms with Crippen molar-refractivity contribution in [2.75, 3.05) is 13.7 Å². The van der Waals surface area contributed by atoms with Crippen LogP contribution in [-0.4, -0.2) is 36.2 Å². The molecular formula is C19H28N2O5. The quantitative estimate of drug-likeness (QED) is 0.744. The lowest BCUT2D eigenvalue weighted by Crippen LogP contribution is -2.47. The molecule has 1 N–H and O–H groups in total. The number of nitrogens with zero attached hydrogens (tertiary/aromatic N) is 1. The SMILES string of the molecule is CCCCn1c2c(cc(C(=O)N[C@H](C(=O)OC)C(C)C)c1=O)COCC2. The Morgan fingerprint density at radius 3 is 2.73 bits per heavy atom. The molecule has 7 heteroatoms. The first-order valence-corrected chi connectivity index (χ1v) is 9.12. The molecule has 26 heavy (non-hydrogen) atoms. The Hall–Kier alpha value is -2.15. The maximum Gasteiger partial charge on any atom is 0.328 e. The van der Waals surface area contributed by atoms with Gasteiger partial charge >= 0.3 is 5.97 Å². The summed E-state index contributed by atoms with van der Waals surface area (Å²) in [5, 5.41) is 2.65. The van der Waals surface area contributed by atoms with Gasteiger partial charge in [-0.3, -0.25) is 9.59 Å². The van der Waals surface area contributed by atoms with Crippen molar-refractivity contribution in [3.8, 4) is 0 Å². The number of hydrogen-bond acceptors (Lipinski definition) is 5. The fourth-order valence-electron chi connectivity index (χ4n) is 3.09. The van der Waals surface area contributed by atoms with Crippen molar-refractivity contribution in [2.45, 2.75) is 59.2 Å². The highest BCUT2D eigenvalue weighted by atomic mass is 16.5. The minimum Gasteiger partial charge on any atom is -0.467 e. The van der Waals surface area contributed by atoms with Crippen LogP contribution in [0.3, 0.4) is 0 Å². The van der Waals surface area contributed by atoms with Crippen molar-refractivity contribution in [1.29, 1.82) is 0 Å². The Balaban J connectivity index is 2.40. The van der Waals surface area contributed by atoms with Crippen molar-refractivity contribution in [3.05, 3.63) is 33.2 Å². The molecule has 1 aliphatic heterocycles. The van der Waals surface area contributed by atoms with Crippen molar-refractivity contribution in [3.63, 3.8) is 0 Å². The van der Waals surface area contributed by atoms with E-state index in [4.69, 9.17) is 9.47 Å². The Kier molecular flexibility index (Phi) is 6.97. The van der Waals surface area contributed by atoms with E-state index in [1.165, 1.54) is 7.11 Å². The summed E-state index contributed by atoms with van der Waals surface area (Å²) in [6, 6.07) is 0.798. The number of ether oxygens (including phenoxy) is 2. The van der Waals surface area contributed by atoms with Gasteiger partial charge in [0.2, 0.25) is 0 Å². The summed E-state index contributed by atoms with van der Waals surface area (Å²) in [6.07, 6.45) is 2.47. The van der Waals surface area contributed by atoms with Gasteiger partial charge in [-0.2, -0.15) is 0 Å². The largest absolute Gasteiger partial charge is 0.467 e. The van der Waals surface area contributed by atoms with Gasteiger partial charge < -0.3 is 19.4 Å². The van der Waals surface area contributed by atoms with Crippen LogP contribution in [0.4, 0.5) is 0 Å². The third kappa shape index (κ3) is 4.33. The van der Waals surface area contributed by atoms with Gasteiger partial charge in [0.25, 0.3) is 11.5 Å². The number of pyridine rings is 1. The number of methoxy groups -OCH3 is 1. The Bertz CT molecular complexity index is 723. The molecule has 0 saturated carbocycles. The molecule has 0 saturated heterocycles. The Labute approximate surface area is 153 Å². The molecule has 1 aliphatic rings. The number of esters is 1. The van der Waals surface area contributed by atoms with E-state index in [1.54, 1.807) is 10.6 Å². The molecule has 0 radical (unpaired) electrons. The van der Waals surface area contributed by atoms with Gasteiger partial charge in [-0.1, -0.05) is 27.2 Å². The molecule has 1 amide bonds. The second kappa shape index (κ2) is 8.98. The van der Waals surface area contributed by atoms with E-state index in [0.717, 1.165) is 24.1 Å². The van der Waals surface area contributed by atoms with Gasteiger partial charge in [0.1, 0.15) is 11.6 Å². The molecule has 7 nitrogen and oxygen atoms in total. The molecule has 0 fully saturated rings. The Morgan fingerprint density at radius 2 is 2.12 bits per heavy atom. The van der Waals surface area contributed by atoms with E-state index >= 15 is 0 Å². The van der Waals surface area contributed by atoms with Crippen molar-refractivity contribution < 1.29 is 19.1 Å². The minimum absolute atomic E-state index is 0.0416. The van der Waals surface area contributed by atoms with Crippen molar-refractivity contribution >= 4 is 11.9 Å². The first-order chi connectivity index (χ1) is 12.4. The number of aromatic nitrogens is 1. The van der Waals surface area contributed by atoms with E-state index in [9.17, 15) is 14.4 Å². The molecule has 1 aromatic heterocycles. The van der Waals surface area contributed by atoms with Crippen LogP contribution < -0.4 is 10.9 Å². The molecule has 144 valence electrons. The molecule has 0 bridgehead atoms. The number of nitrogens with one attached hydrogen (secondary N) is 1. The lowest BCUT2D eigenvalue weighted by Gasteiger charge is -2.24. The summed E-state index contributed by atoms with van der Waals surface area (Å²) in [7, 11) is 1.28. The highest BCUT2D eigenvalue weighted by Crippen LogP contribution is 2.17. The maximum atomic E-state index is 12.9. The van der Waals surface area contributed by atoms with Crippen LogP contribution in [-0.2, 0) is 33.8 Å². The number of rotatable bonds is 7. The Morgan fingerprint density at radius 1 is 1.38 bits per heavy atom. The molecule has 1 atom stereocenters. The molecule has 0 aromatic carbocycles. The zero-order chi connectivity index (χ0) is 19.3. The van der Waals surface area contributed by atoms with Gasteiger partial charge in [0.15, 0.2) is 0 Å². The molecular weight excluding hydrogens is 336 g/mol. The average Bonchev–Trinajstić information content (AvgIpc) is 2.63. The maximum absolute atomic E-state index is 12.9. The summed E-state index contributed by atoms with van der Waals surface area (Å²) in [4.78, 5) is 37.6. The van der Waals surface area contributed by atoms with Crippen molar-refractivity contribution in [2.24, 2.45) is 5.92 Å². The van der Waals surface area contributed by atoms with Crippen LogP contribution in [0.25, 0.3) is 0 Å². The lowest BCUT2D eigenvalue weighted by molar-refractivity contribution is -0.144. The number of unbranched alkanes of at least 4 members (excludes halogenated alkanes) is 1. The predicted octanol–water partition coefficient (Wildman–Crippen LogP) is 1.65. The number of carbonyl (C=O) groups is 2. The monoisotopic (exact) mass is 364 g/mol. The van der Waals surface area contributed by atoms with Gasteiger partial charge in [-0.25, -0.2) is 4.79 Å². The van der Waals surface area contributed by atoms with Crippen LogP contribution in [0.5, 0.6) is 0 Å². The number of carbonyl (C=O) groups excluding carboxylic acids is 2. The highest BCUT2D eigenvalue weighted by Gasteiger charge is 2.28. The predicted molar refractivity (Wildman–Crippen MR) is 97.1 cm³/mol. The molecule has 2 rings (SSSR count). The first kappa shape index (κ1) is 20.2. The summed E-state index contributed by atoms with van der Waals surface area (Å²) in [5.41, 5.74) is 1.53. The fraction of sp³-hybridized carbons (Fsp3) is 0.632. The molecule has 0 spiro atoms. The topological polar surface area (TPSA) is 86.6 Å². The standard InChI is InChI=1S/C19H28N2O5/c1-5-6-8-21-15-7-9-26-11-13(15)10-14(18(21)23)17(22)20-16(12(2)3)19(24)25-4/h10,12,16H,5-9,11H2,1-4H3,(H,20,22)/t16-/m0/s1. The van der Waals surface area contributed by atoms with Gasteiger partial charge in [0.05, 0.1) is 20.3 Å². The van der Waals surface area contributed by atoms with Gasteiger partial charge in [-0.15, -0.1) is 0 Å². The zero-order valence-corrected chi connectivity index (χ0v) is 16.0. The minimum atomic E-state index is -0.803. The van der Waals surface area contributed by atoms with E-state index in [1.807, 2.05) is 13.8 Å². The highest BCUT2D eigenvalue weighted by molar-refractivity contribution is 5.96. The second-order valence-corrected chi connectivity index (χ2v) is 6.86. The van der Waals surface area contributed by atoms with E-state index in [-0.39, 0.29) is 17.0 Å². The number of fused-ring (bicyclic) bond motifs is 1. The third-order valence-electron chi connectivity index (χ3n) is 4.62. The summed E-state index contributed by atoms with van der Waals surface area (Å²) >= 11 is 0. The molecule has 0 aliphatic carbocycles. The van der Waals surface area contributed by atoms with E-state index in [2.05, 4.69) is 12.2 Å². The normalized spacial score (nSPS) is 14.7. The van der Waals surface area contributed by atoms with Crippen molar-refractivity contribution in [1.82, 2.24) is 9.88 Å². The third-order valence-corrected chi connectivity index (χ3v) is 4.62. The van der Waals surface area contributed by atoms with Gasteiger partial charge in [-0.05, 0) is 24.0 Å². The molecule has 1 aromatic rings. The summed E-state index contributed by atoms with van der Waals surface area (Å²) in [5.74, 6) is -1.24. The number of hydrogen-bond donors (Lipinski definition) is 1. The summed E-state index contributed by atoms with van der Waals surface area (Å²) in [6.45, 7) is 7.20. The fourth-order valence-corrected chi connectivity index (χ4v) is 3.09. The zero-order valence-electron chi connectivity index (χ0n) is 16.0. The van der Waals surface area contributed by atoms with Crippen LogP contribution in [0, 0.1) is 5.92 Å². The van der Waals surface area contributed by atoms with Crippen LogP contribution >= 0.6 is 0 Å². The second-order valence-electron chi connectivity index (χ2n) is 6.86. The smallest absolute Gasteiger partial charge is 0.328 e. The molecule has 0 unspecified atom stereocenters.